The predicted molar refractivity (Wildman–Crippen MR) is 30.1 cm³/mol. The minimum absolute atomic E-state index is 0. The summed E-state index contributed by atoms with van der Waals surface area (Å²) in [6.07, 6.45) is 8.00. The van der Waals surface area contributed by atoms with Gasteiger partial charge in [0.05, 0.1) is 0 Å². The molecule has 0 atom stereocenters. The lowest BCUT2D eigenvalue weighted by Crippen LogP contribution is -0.576. The highest BCUT2D eigenvalue weighted by molar-refractivity contribution is 4.47. The van der Waals surface area contributed by atoms with Gasteiger partial charge in [0.2, 0.25) is 0 Å². The molecule has 0 aliphatic heterocycles. The molecule has 0 amide bonds. The molecule has 0 bridgehead atoms. The quantitative estimate of drug-likeness (QED) is 0.386. The van der Waals surface area contributed by atoms with Gasteiger partial charge in [0.25, 0.3) is 0 Å². The van der Waals surface area contributed by atoms with Crippen LogP contribution in [0.15, 0.2) is 0 Å². The number of hydrogen-bond acceptors (Lipinski definition) is 0. The number of rotatable bonds is 0. The summed E-state index contributed by atoms with van der Waals surface area (Å²) in [7, 11) is 0. The molecule has 0 nitrogen and oxygen atoms in total. The normalized spacial score (nSPS) is 0.400. The van der Waals surface area contributed by atoms with E-state index in [1.165, 1.54) is 0 Å². The van der Waals surface area contributed by atoms with E-state index in [2.05, 4.69) is 12.8 Å². The van der Waals surface area contributed by atoms with Gasteiger partial charge in [-0.05, 0) is 0 Å². The Morgan fingerprint density at radius 2 is 0.600 bits per heavy atom. The maximum absolute atomic E-state index is 4.00. The van der Waals surface area contributed by atoms with Gasteiger partial charge >= 0.3 is 0 Å². The van der Waals surface area contributed by atoms with Crippen LogP contribution >= 0.6 is 0 Å². The van der Waals surface area contributed by atoms with E-state index < -0.39 is 0 Å². The summed E-state index contributed by atoms with van der Waals surface area (Å²) < 4.78 is 0. The Bertz CT molecular complexity index is 4.75. The first-order chi connectivity index (χ1) is 1.00. The summed E-state index contributed by atoms with van der Waals surface area (Å²) >= 11 is 0. The molecule has 0 radical (unpaired) electrons. The minimum Gasteiger partial charge on any atom is -0.124 e. The standard InChI is InChI=1S/C2H2.3CH4/c1-2;;;/h1-2H;3*1H4. The zero-order valence-corrected chi connectivity index (χ0v) is 1.15. The first-order valence-electron chi connectivity index (χ1n) is 0.333. The van der Waals surface area contributed by atoms with Crippen molar-refractivity contribution in [3.8, 4) is 12.8 Å². The molecule has 34 valence electrons. The smallest absolute Gasteiger partial charge is 0.0776 e. The SMILES string of the molecule is C.C.C.C#C. The Morgan fingerprint density at radius 1 is 0.600 bits per heavy atom. The summed E-state index contributed by atoms with van der Waals surface area (Å²) in [5.41, 5.74) is 0. The molecule has 0 aromatic heterocycles. The highest BCUT2D eigenvalue weighted by atomic mass is 12.6. The van der Waals surface area contributed by atoms with Crippen LogP contribution < -0.4 is 0 Å². The fraction of sp³-hybridized carbons (Fsp3) is 0.600. The number of terminal acetylenes is 1. The molecule has 0 N–H and O–H groups in total. The van der Waals surface area contributed by atoms with Gasteiger partial charge in [0, 0.05) is 0 Å². The van der Waals surface area contributed by atoms with E-state index >= 15 is 0 Å². The van der Waals surface area contributed by atoms with Gasteiger partial charge in [-0.1, -0.05) is 22.3 Å². The van der Waals surface area contributed by atoms with Crippen LogP contribution in [-0.2, 0) is 0 Å². The van der Waals surface area contributed by atoms with Crippen molar-refractivity contribution < 1.29 is 0 Å². The fourth-order valence-electron chi connectivity index (χ4n) is 0. The van der Waals surface area contributed by atoms with Crippen molar-refractivity contribution >= 4 is 0 Å². The van der Waals surface area contributed by atoms with Crippen LogP contribution in [-0.4, -0.2) is 0 Å². The van der Waals surface area contributed by atoms with Crippen LogP contribution in [0.25, 0.3) is 0 Å². The highest BCUT2D eigenvalue weighted by Crippen LogP contribution is 0.579. The first-order valence-corrected chi connectivity index (χ1v) is 0.333. The lowest BCUT2D eigenvalue weighted by Gasteiger charge is -0.701. The molecule has 0 aromatic carbocycles. The Balaban J connectivity index is -0.00000000167. The summed E-state index contributed by atoms with van der Waals surface area (Å²) in [5.74, 6) is 0. The average molecular weight is 74.2 g/mol. The molecule has 0 heterocycles. The summed E-state index contributed by atoms with van der Waals surface area (Å²) in [4.78, 5) is 0. The van der Waals surface area contributed by atoms with Crippen LogP contribution in [0.5, 0.6) is 0 Å². The molecular formula is C5H14. The van der Waals surface area contributed by atoms with Crippen molar-refractivity contribution in [1.82, 2.24) is 0 Å². The lowest BCUT2D eigenvalue weighted by atomic mass is 11.4. The third-order valence-corrected chi connectivity index (χ3v) is 0. The minimum atomic E-state index is 0. The van der Waals surface area contributed by atoms with Crippen LogP contribution in [0.3, 0.4) is 0 Å². The molecule has 0 aliphatic rings. The van der Waals surface area contributed by atoms with E-state index in [1.54, 1.807) is 0 Å². The maximum atomic E-state index is 4.00. The van der Waals surface area contributed by atoms with E-state index in [0.717, 1.165) is 0 Å². The molecule has 0 aromatic rings. The molecule has 0 unspecified atom stereocenters. The predicted octanol–water partition coefficient (Wildman–Crippen LogP) is 2.16. The molecule has 0 saturated heterocycles. The van der Waals surface area contributed by atoms with Crippen molar-refractivity contribution in [3.05, 3.63) is 0 Å². The van der Waals surface area contributed by atoms with Crippen LogP contribution in [0.2, 0.25) is 0 Å². The van der Waals surface area contributed by atoms with Gasteiger partial charge in [-0.15, -0.1) is 12.8 Å². The molecule has 0 aliphatic carbocycles. The molecule has 0 saturated carbocycles. The molecule has 0 fully saturated rings. The molecule has 0 spiro atoms. The van der Waals surface area contributed by atoms with E-state index in [9.17, 15) is 0 Å². The number of hydrogen-bond donors (Lipinski definition) is 0. The van der Waals surface area contributed by atoms with E-state index in [4.69, 9.17) is 0 Å². The van der Waals surface area contributed by atoms with Crippen molar-refractivity contribution in [2.45, 2.75) is 22.3 Å². The third kappa shape index (κ3) is 44.8. The van der Waals surface area contributed by atoms with E-state index in [0.29, 0.717) is 0 Å². The van der Waals surface area contributed by atoms with Gasteiger partial charge in [0.15, 0.2) is 0 Å². The Hall–Kier alpha value is -0.440. The second-order valence-electron chi connectivity index (χ2n) is 0. The second kappa shape index (κ2) is 121. The molecular weight excluding hydrogens is 60.1 g/mol. The summed E-state index contributed by atoms with van der Waals surface area (Å²) in [5, 5.41) is 0. The third-order valence-electron chi connectivity index (χ3n) is 0. The summed E-state index contributed by atoms with van der Waals surface area (Å²) in [6.45, 7) is 0. The van der Waals surface area contributed by atoms with Crippen LogP contribution in [0, 0.1) is 12.8 Å². The highest BCUT2D eigenvalue weighted by Gasteiger charge is 0.454. The van der Waals surface area contributed by atoms with Gasteiger partial charge in [0.1, 0.15) is 0 Å². The monoisotopic (exact) mass is 74.1 g/mol. The topological polar surface area (TPSA) is 0 Å². The van der Waals surface area contributed by atoms with Crippen LogP contribution in [0.4, 0.5) is 0 Å². The van der Waals surface area contributed by atoms with Crippen LogP contribution in [0.1, 0.15) is 22.3 Å². The van der Waals surface area contributed by atoms with Crippen molar-refractivity contribution in [2.75, 3.05) is 0 Å². The van der Waals surface area contributed by atoms with Gasteiger partial charge in [-0.2, -0.15) is 0 Å². The maximum Gasteiger partial charge on any atom is -0.0776 e. The van der Waals surface area contributed by atoms with E-state index in [1.807, 2.05) is 0 Å². The Morgan fingerprint density at radius 3 is 0.600 bits per heavy atom. The van der Waals surface area contributed by atoms with Crippen molar-refractivity contribution in [3.63, 3.8) is 0 Å². The summed E-state index contributed by atoms with van der Waals surface area (Å²) in [6, 6.07) is 0. The molecule has 0 rings (SSSR count). The molecule has 0 heteroatoms. The fourth-order valence-corrected chi connectivity index (χ4v) is 0. The van der Waals surface area contributed by atoms with Gasteiger partial charge in [-0.25, -0.2) is 0 Å². The lowest BCUT2D eigenvalue weighted by molar-refractivity contribution is 2.50. The largest absolute Gasteiger partial charge is 0.124 e. The average Bonchev–Trinajstić information content (AvgIpc) is 1.00. The first kappa shape index (κ1) is 184. The molecule has 5 heavy (non-hydrogen) atoms. The Labute approximate surface area is 36.2 Å². The van der Waals surface area contributed by atoms with Crippen molar-refractivity contribution in [2.24, 2.45) is 0 Å². The Kier molecular flexibility index (Phi) is 4440. The zero-order valence-electron chi connectivity index (χ0n) is 1.15. The van der Waals surface area contributed by atoms with Crippen molar-refractivity contribution in [1.29, 1.82) is 0 Å². The van der Waals surface area contributed by atoms with E-state index in [-0.39, 0.29) is 22.3 Å². The van der Waals surface area contributed by atoms with Gasteiger partial charge < -0.3 is 0 Å². The second-order valence-corrected chi connectivity index (χ2v) is 0. The van der Waals surface area contributed by atoms with Gasteiger partial charge in [-0.3, -0.25) is 0 Å². The zero-order chi connectivity index (χ0) is 2.00.